The van der Waals surface area contributed by atoms with E-state index in [1.807, 2.05) is 87.9 Å². The lowest BCUT2D eigenvalue weighted by molar-refractivity contribution is -0.173. The molecule has 0 spiro atoms. The maximum Gasteiger partial charge on any atom is 0.471 e. The summed E-state index contributed by atoms with van der Waals surface area (Å²) in [5, 5.41) is 17.9. The summed E-state index contributed by atoms with van der Waals surface area (Å²) in [7, 11) is -1.58. The van der Waals surface area contributed by atoms with Gasteiger partial charge in [0.25, 0.3) is 8.53 Å². The minimum absolute atomic E-state index is 0.0237. The van der Waals surface area contributed by atoms with Gasteiger partial charge in [0.1, 0.15) is 18.7 Å². The van der Waals surface area contributed by atoms with Crippen LogP contribution >= 0.6 is 8.53 Å². The number of unbranched alkanes of at least 4 members (excludes halogenated alkanes) is 1. The van der Waals surface area contributed by atoms with Gasteiger partial charge in [-0.25, -0.2) is 9.46 Å². The molecule has 1 aliphatic rings. The van der Waals surface area contributed by atoms with Gasteiger partial charge in [-0.05, 0) is 72.3 Å². The number of terminal acetylenes is 1. The van der Waals surface area contributed by atoms with E-state index in [9.17, 15) is 27.6 Å². The Bertz CT molecular complexity index is 1420. The van der Waals surface area contributed by atoms with Crippen molar-refractivity contribution < 1.29 is 41.3 Å². The Balaban J connectivity index is 2.16. The second-order valence-corrected chi connectivity index (χ2v) is 15.7. The Morgan fingerprint density at radius 1 is 1.04 bits per heavy atom. The first-order valence-corrected chi connectivity index (χ1v) is 18.9. The van der Waals surface area contributed by atoms with Crippen molar-refractivity contribution in [1.29, 1.82) is 5.26 Å². The largest absolute Gasteiger partial charge is 0.471 e. The maximum atomic E-state index is 13.8. The lowest BCUT2D eigenvalue weighted by Crippen LogP contribution is -2.51. The van der Waals surface area contributed by atoms with E-state index in [1.54, 1.807) is 6.21 Å². The molecule has 2 amide bonds. The van der Waals surface area contributed by atoms with E-state index < -0.39 is 44.6 Å². The zero-order valence-corrected chi connectivity index (χ0v) is 32.4. The number of ether oxygens (including phenoxy) is 1. The summed E-state index contributed by atoms with van der Waals surface area (Å²) >= 11 is 0. The number of alkyl halides is 3. The van der Waals surface area contributed by atoms with Gasteiger partial charge in [-0.15, -0.1) is 12.3 Å². The highest BCUT2D eigenvalue weighted by atomic mass is 31.2. The van der Waals surface area contributed by atoms with Crippen LogP contribution in [0.2, 0.25) is 0 Å². The van der Waals surface area contributed by atoms with Crippen molar-refractivity contribution >= 4 is 32.5 Å². The number of benzene rings is 1. The average molecular weight is 767 g/mol. The predicted molar refractivity (Wildman–Crippen MR) is 197 cm³/mol. The second-order valence-electron chi connectivity index (χ2n) is 14.2. The van der Waals surface area contributed by atoms with E-state index in [0.29, 0.717) is 0 Å². The number of amides is 2. The lowest BCUT2D eigenvalue weighted by Gasteiger charge is -2.48. The minimum atomic E-state index is -5.01. The topological polar surface area (TPSA) is 154 Å². The van der Waals surface area contributed by atoms with Gasteiger partial charge in [0.05, 0.1) is 25.7 Å². The van der Waals surface area contributed by atoms with Crippen molar-refractivity contribution in [3.05, 3.63) is 35.9 Å². The molecule has 53 heavy (non-hydrogen) atoms. The summed E-state index contributed by atoms with van der Waals surface area (Å²) in [5.74, 6) is -0.548. The van der Waals surface area contributed by atoms with Gasteiger partial charge in [0.2, 0.25) is 5.91 Å². The zero-order chi connectivity index (χ0) is 39.7. The van der Waals surface area contributed by atoms with Crippen LogP contribution in [0, 0.1) is 34.5 Å². The standard InChI is InChI=1S/C37H54F3N6O6P/c1-8-35(6)24-36(7,25-35)26-43-45-31(23-29-15-10-9-11-16-29)32(47)44-30(17-12-13-19-42-34(49)37(38,39)40)33(48)50-21-22-52-53(51-20-14-18-41)46(27(2)3)28(4)5/h1,9-11,15-16,26-28,30-31,45H,12-14,17,19-25H2,2-7H3,(H,42,49)(H,44,47)/b43-26+. The monoisotopic (exact) mass is 766 g/mol. The first-order valence-electron chi connectivity index (χ1n) is 17.8. The third kappa shape index (κ3) is 16.0. The molecule has 1 aromatic carbocycles. The van der Waals surface area contributed by atoms with E-state index in [4.69, 9.17) is 25.5 Å². The van der Waals surface area contributed by atoms with Crippen LogP contribution in [-0.2, 0) is 34.6 Å². The molecule has 2 rings (SSSR count). The zero-order valence-electron chi connectivity index (χ0n) is 31.5. The van der Waals surface area contributed by atoms with Gasteiger partial charge in [-0.2, -0.15) is 23.5 Å². The van der Waals surface area contributed by atoms with Crippen LogP contribution in [0.3, 0.4) is 0 Å². The number of nitrogens with one attached hydrogen (secondary N) is 3. The lowest BCUT2D eigenvalue weighted by atomic mass is 9.55. The van der Waals surface area contributed by atoms with Crippen molar-refractivity contribution in [3.63, 3.8) is 0 Å². The number of nitrogens with zero attached hydrogens (tertiary/aromatic N) is 3. The third-order valence-corrected chi connectivity index (χ3v) is 10.5. The molecule has 1 aromatic rings. The van der Waals surface area contributed by atoms with Crippen LogP contribution in [-0.4, -0.2) is 85.4 Å². The molecule has 0 aromatic heterocycles. The van der Waals surface area contributed by atoms with E-state index in [0.717, 1.165) is 18.4 Å². The van der Waals surface area contributed by atoms with Gasteiger partial charge in [-0.1, -0.05) is 37.3 Å². The maximum absolute atomic E-state index is 13.8. The number of hydrazone groups is 1. The molecular formula is C37H54F3N6O6P. The van der Waals surface area contributed by atoms with Crippen LogP contribution < -0.4 is 16.1 Å². The highest BCUT2D eigenvalue weighted by molar-refractivity contribution is 7.44. The normalized spacial score (nSPS) is 20.3. The smallest absolute Gasteiger partial charge is 0.462 e. The number of nitriles is 1. The van der Waals surface area contributed by atoms with E-state index in [1.165, 1.54) is 0 Å². The molecule has 0 bridgehead atoms. The van der Waals surface area contributed by atoms with Crippen LogP contribution in [0.25, 0.3) is 0 Å². The summed E-state index contributed by atoms with van der Waals surface area (Å²) in [6.07, 6.45) is 4.61. The first-order chi connectivity index (χ1) is 24.9. The van der Waals surface area contributed by atoms with Crippen molar-refractivity contribution in [3.8, 4) is 18.4 Å². The Hall–Kier alpha value is -3.75. The van der Waals surface area contributed by atoms with Crippen molar-refractivity contribution in [2.24, 2.45) is 15.9 Å². The Labute approximate surface area is 312 Å². The molecule has 1 saturated carbocycles. The Kier molecular flexibility index (Phi) is 18.7. The highest BCUT2D eigenvalue weighted by Crippen LogP contribution is 2.52. The molecule has 0 aliphatic heterocycles. The molecular weight excluding hydrogens is 712 g/mol. The molecule has 16 heteroatoms. The molecule has 294 valence electrons. The molecule has 12 nitrogen and oxygen atoms in total. The van der Waals surface area contributed by atoms with Crippen LogP contribution in [0.15, 0.2) is 35.4 Å². The number of hydrogen-bond acceptors (Lipinski definition) is 10. The number of hydrogen-bond donors (Lipinski definition) is 3. The SMILES string of the molecule is C#CC1(C)CC(C)(/C=N/NC(Cc2ccccc2)C(=O)NC(CCCCNC(=O)C(F)(F)F)C(=O)OCCOP(OCCC#N)N(C(C)C)C(C)C)C1. The van der Waals surface area contributed by atoms with Gasteiger partial charge in [0, 0.05) is 42.1 Å². The number of esters is 1. The van der Waals surface area contributed by atoms with E-state index in [-0.39, 0.29) is 81.4 Å². The third-order valence-electron chi connectivity index (χ3n) is 8.40. The van der Waals surface area contributed by atoms with Gasteiger partial charge in [-0.3, -0.25) is 15.0 Å². The fourth-order valence-electron chi connectivity index (χ4n) is 6.22. The summed E-state index contributed by atoms with van der Waals surface area (Å²) in [5.41, 5.74) is 3.31. The Morgan fingerprint density at radius 3 is 2.26 bits per heavy atom. The fourth-order valence-corrected chi connectivity index (χ4v) is 7.80. The first kappa shape index (κ1) is 45.4. The number of carbonyl (C=O) groups is 3. The van der Waals surface area contributed by atoms with Crippen LogP contribution in [0.4, 0.5) is 13.2 Å². The molecule has 0 heterocycles. The van der Waals surface area contributed by atoms with E-state index >= 15 is 0 Å². The van der Waals surface area contributed by atoms with Gasteiger partial charge in [0.15, 0.2) is 0 Å². The minimum Gasteiger partial charge on any atom is -0.462 e. The second kappa shape index (κ2) is 21.8. The molecule has 3 atom stereocenters. The number of rotatable bonds is 23. The van der Waals surface area contributed by atoms with Crippen molar-refractivity contribution in [1.82, 2.24) is 20.7 Å². The van der Waals surface area contributed by atoms with Crippen LogP contribution in [0.5, 0.6) is 0 Å². The fraction of sp³-hybridized carbons (Fsp3) is 0.649. The molecule has 0 saturated heterocycles. The van der Waals surface area contributed by atoms with Crippen molar-refractivity contribution in [2.75, 3.05) is 26.4 Å². The molecule has 0 radical (unpaired) electrons. The van der Waals surface area contributed by atoms with Crippen LogP contribution in [0.1, 0.15) is 85.6 Å². The van der Waals surface area contributed by atoms with Crippen molar-refractivity contribution in [2.45, 2.75) is 117 Å². The number of halogens is 3. The molecule has 3 N–H and O–H groups in total. The van der Waals surface area contributed by atoms with E-state index in [2.05, 4.69) is 21.8 Å². The van der Waals surface area contributed by atoms with Gasteiger partial charge < -0.3 is 24.4 Å². The summed E-state index contributed by atoms with van der Waals surface area (Å²) < 4.78 is 57.2. The molecule has 3 unspecified atom stereocenters. The molecule has 1 fully saturated rings. The average Bonchev–Trinajstić information content (AvgIpc) is 3.07. The van der Waals surface area contributed by atoms with Gasteiger partial charge >= 0.3 is 18.1 Å². The summed E-state index contributed by atoms with van der Waals surface area (Å²) in [6, 6.07) is 9.34. The summed E-state index contributed by atoms with van der Waals surface area (Å²) in [6.45, 7) is 11.7. The number of carbonyl (C=O) groups excluding carboxylic acids is 3. The molecule has 1 aliphatic carbocycles. The summed E-state index contributed by atoms with van der Waals surface area (Å²) in [4.78, 5) is 38.4. The highest BCUT2D eigenvalue weighted by Gasteiger charge is 2.47. The Morgan fingerprint density at radius 2 is 1.68 bits per heavy atom. The predicted octanol–water partition coefficient (Wildman–Crippen LogP) is 5.78. The quantitative estimate of drug-likeness (QED) is 0.0314.